The molecule has 0 bridgehead atoms. The third kappa shape index (κ3) is 6.23. The van der Waals surface area contributed by atoms with Gasteiger partial charge in [0.15, 0.2) is 0 Å². The average molecular weight is 351 g/mol. The molecule has 1 aromatic carbocycles. The third-order valence-electron chi connectivity index (χ3n) is 3.92. The second-order valence-corrected chi connectivity index (χ2v) is 7.64. The first-order chi connectivity index (χ1) is 11.5. The van der Waals surface area contributed by atoms with Gasteiger partial charge in [0.05, 0.1) is 13.2 Å². The van der Waals surface area contributed by atoms with E-state index in [4.69, 9.17) is 15.6 Å². The first-order valence-corrected chi connectivity index (χ1v) is 9.16. The number of hydrogen-bond acceptors (Lipinski definition) is 4. The number of ether oxygens (including phenoxy) is 1. The van der Waals surface area contributed by atoms with E-state index < -0.39 is 5.54 Å². The van der Waals surface area contributed by atoms with Crippen molar-refractivity contribution in [1.82, 2.24) is 0 Å². The Kier molecular flexibility index (Phi) is 7.21. The number of aliphatic hydroxyl groups excluding tert-OH is 1. The molecule has 0 aliphatic heterocycles. The quantitative estimate of drug-likeness (QED) is 0.638. The molecule has 3 N–H and O–H groups in total. The van der Waals surface area contributed by atoms with Crippen molar-refractivity contribution in [2.75, 3.05) is 13.2 Å². The van der Waals surface area contributed by atoms with Crippen molar-refractivity contribution in [3.63, 3.8) is 0 Å². The minimum atomic E-state index is -0.647. The van der Waals surface area contributed by atoms with Gasteiger partial charge in [0.25, 0.3) is 0 Å². The van der Waals surface area contributed by atoms with E-state index in [0.717, 1.165) is 34.8 Å². The molecule has 1 atom stereocenters. The van der Waals surface area contributed by atoms with E-state index in [1.165, 1.54) is 11.3 Å². The molecule has 24 heavy (non-hydrogen) atoms. The number of aliphatic hydroxyl groups is 1. The number of hydrogen-bond donors (Lipinski definition) is 2. The molecule has 0 amide bonds. The lowest BCUT2D eigenvalue weighted by atomic mass is 9.98. The fourth-order valence-electron chi connectivity index (χ4n) is 2.34. The number of para-hydroxylation sites is 1. The number of rotatable bonds is 10. The van der Waals surface area contributed by atoms with Crippen LogP contribution in [0.25, 0.3) is 0 Å². The normalized spacial score (nSPS) is 13.7. The molecule has 0 aliphatic rings. The largest absolute Gasteiger partial charge is 0.494 e. The molecule has 0 spiro atoms. The zero-order valence-corrected chi connectivity index (χ0v) is 14.9. The van der Waals surface area contributed by atoms with E-state index in [2.05, 4.69) is 0 Å². The van der Waals surface area contributed by atoms with Crippen molar-refractivity contribution < 1.29 is 14.2 Å². The lowest BCUT2D eigenvalue weighted by Gasteiger charge is -2.20. The highest BCUT2D eigenvalue weighted by molar-refractivity contribution is 7.12. The number of nitrogens with two attached hydrogens (primary N) is 1. The van der Waals surface area contributed by atoms with Gasteiger partial charge < -0.3 is 15.6 Å². The van der Waals surface area contributed by atoms with Gasteiger partial charge in [-0.2, -0.15) is 0 Å². The molecule has 5 heteroatoms. The molecule has 0 fully saturated rings. The Bertz CT molecular complexity index is 613. The van der Waals surface area contributed by atoms with Crippen molar-refractivity contribution >= 4 is 11.3 Å². The van der Waals surface area contributed by atoms with Gasteiger partial charge in [-0.3, -0.25) is 0 Å². The Labute approximate surface area is 147 Å². The minimum absolute atomic E-state index is 0.0890. The summed E-state index contributed by atoms with van der Waals surface area (Å²) in [6, 6.07) is 11.4. The van der Waals surface area contributed by atoms with Crippen molar-refractivity contribution in [2.45, 2.75) is 44.6 Å². The van der Waals surface area contributed by atoms with Crippen LogP contribution in [0.4, 0.5) is 4.39 Å². The molecular formula is C19H26FNO2S. The van der Waals surface area contributed by atoms with Crippen molar-refractivity contribution in [1.29, 1.82) is 0 Å². The molecule has 1 heterocycles. The standard InChI is InChI=1S/C19H26FNO2S/c1-19(21,14-22)11-10-18-17(20)13-16(24-18)9-5-6-12-23-15-7-3-2-4-8-15/h2-4,7-8,13,22H,5-6,9-12,14,21H2,1H3. The number of thiophene rings is 1. The van der Waals surface area contributed by atoms with Crippen molar-refractivity contribution in [2.24, 2.45) is 5.73 Å². The van der Waals surface area contributed by atoms with Crippen LogP contribution in [0.1, 0.15) is 35.9 Å². The smallest absolute Gasteiger partial charge is 0.137 e. The fourth-order valence-corrected chi connectivity index (χ4v) is 3.42. The Balaban J connectivity index is 1.70. The first kappa shape index (κ1) is 18.9. The maximum atomic E-state index is 14.0. The Morgan fingerprint density at radius 2 is 1.96 bits per heavy atom. The molecule has 2 aromatic rings. The summed E-state index contributed by atoms with van der Waals surface area (Å²) in [5, 5.41) is 9.17. The molecule has 2 rings (SSSR count). The van der Waals surface area contributed by atoms with Gasteiger partial charge in [-0.1, -0.05) is 18.2 Å². The van der Waals surface area contributed by atoms with Crippen LogP contribution in [-0.2, 0) is 12.8 Å². The monoisotopic (exact) mass is 351 g/mol. The summed E-state index contributed by atoms with van der Waals surface area (Å²) >= 11 is 1.51. The predicted octanol–water partition coefficient (Wildman–Crippen LogP) is 3.93. The van der Waals surface area contributed by atoms with Crippen LogP contribution in [0, 0.1) is 5.82 Å². The van der Waals surface area contributed by atoms with E-state index in [1.807, 2.05) is 30.3 Å². The molecule has 3 nitrogen and oxygen atoms in total. The Morgan fingerprint density at radius 3 is 2.67 bits per heavy atom. The zero-order chi connectivity index (χ0) is 17.4. The van der Waals surface area contributed by atoms with E-state index in [1.54, 1.807) is 13.0 Å². The Morgan fingerprint density at radius 1 is 1.21 bits per heavy atom. The van der Waals surface area contributed by atoms with Crippen molar-refractivity contribution in [3.8, 4) is 5.75 Å². The predicted molar refractivity (Wildman–Crippen MR) is 97.2 cm³/mol. The van der Waals surface area contributed by atoms with Crippen LogP contribution in [0.15, 0.2) is 36.4 Å². The second-order valence-electron chi connectivity index (χ2n) is 6.41. The van der Waals surface area contributed by atoms with E-state index in [-0.39, 0.29) is 12.4 Å². The van der Waals surface area contributed by atoms with Gasteiger partial charge in [0.2, 0.25) is 0 Å². The molecule has 0 saturated carbocycles. The van der Waals surface area contributed by atoms with E-state index >= 15 is 0 Å². The SMILES string of the molecule is CC(N)(CO)CCc1sc(CCCCOc2ccccc2)cc1F. The molecule has 0 radical (unpaired) electrons. The van der Waals surface area contributed by atoms with Crippen LogP contribution in [0.5, 0.6) is 5.75 Å². The molecule has 1 aromatic heterocycles. The summed E-state index contributed by atoms with van der Waals surface area (Å²) in [6.45, 7) is 2.37. The third-order valence-corrected chi connectivity index (χ3v) is 5.15. The maximum absolute atomic E-state index is 14.0. The minimum Gasteiger partial charge on any atom is -0.494 e. The van der Waals surface area contributed by atoms with Gasteiger partial charge in [0.1, 0.15) is 11.6 Å². The maximum Gasteiger partial charge on any atom is 0.137 e. The van der Waals surface area contributed by atoms with Crippen molar-refractivity contribution in [3.05, 3.63) is 52.0 Å². The first-order valence-electron chi connectivity index (χ1n) is 8.35. The lowest BCUT2D eigenvalue weighted by Crippen LogP contribution is -2.40. The lowest BCUT2D eigenvalue weighted by molar-refractivity contribution is 0.200. The summed E-state index contributed by atoms with van der Waals surface area (Å²) < 4.78 is 19.6. The summed E-state index contributed by atoms with van der Waals surface area (Å²) in [7, 11) is 0. The van der Waals surface area contributed by atoms with Crippen LogP contribution in [0.3, 0.4) is 0 Å². The van der Waals surface area contributed by atoms with Crippen LogP contribution in [0.2, 0.25) is 0 Å². The van der Waals surface area contributed by atoms with E-state index in [0.29, 0.717) is 19.4 Å². The number of unbranched alkanes of at least 4 members (excludes halogenated alkanes) is 1. The molecule has 1 unspecified atom stereocenters. The van der Waals surface area contributed by atoms with Gasteiger partial charge in [0, 0.05) is 15.3 Å². The second kappa shape index (κ2) is 9.16. The average Bonchev–Trinajstić information content (AvgIpc) is 2.94. The Hall–Kier alpha value is -1.43. The molecular weight excluding hydrogens is 325 g/mol. The van der Waals surface area contributed by atoms with Gasteiger partial charge in [-0.25, -0.2) is 4.39 Å². The summed E-state index contributed by atoms with van der Waals surface area (Å²) in [6.07, 6.45) is 3.92. The highest BCUT2D eigenvalue weighted by atomic mass is 32.1. The summed E-state index contributed by atoms with van der Waals surface area (Å²) in [4.78, 5) is 1.79. The zero-order valence-electron chi connectivity index (χ0n) is 14.1. The van der Waals surface area contributed by atoms with Gasteiger partial charge in [-0.15, -0.1) is 11.3 Å². The highest BCUT2D eigenvalue weighted by Crippen LogP contribution is 2.25. The number of aryl methyl sites for hydroxylation is 2. The summed E-state index contributed by atoms with van der Waals surface area (Å²) in [5.74, 6) is 0.736. The van der Waals surface area contributed by atoms with Crippen LogP contribution in [-0.4, -0.2) is 23.9 Å². The highest BCUT2D eigenvalue weighted by Gasteiger charge is 2.18. The number of halogens is 1. The molecule has 0 saturated heterocycles. The van der Waals surface area contributed by atoms with E-state index in [9.17, 15) is 4.39 Å². The fraction of sp³-hybridized carbons (Fsp3) is 0.474. The summed E-state index contributed by atoms with van der Waals surface area (Å²) in [5.41, 5.74) is 5.25. The van der Waals surface area contributed by atoms with Crippen LogP contribution < -0.4 is 10.5 Å². The number of benzene rings is 1. The van der Waals surface area contributed by atoms with Gasteiger partial charge >= 0.3 is 0 Å². The molecule has 132 valence electrons. The topological polar surface area (TPSA) is 55.5 Å². The van der Waals surface area contributed by atoms with Gasteiger partial charge in [-0.05, 0) is 57.2 Å². The van der Waals surface area contributed by atoms with Crippen LogP contribution >= 0.6 is 11.3 Å². The molecule has 0 aliphatic carbocycles.